The third-order valence-electron chi connectivity index (χ3n) is 6.02. The lowest BCUT2D eigenvalue weighted by molar-refractivity contribution is -0.141. The van der Waals surface area contributed by atoms with Crippen LogP contribution in [0.1, 0.15) is 46.1 Å². The average Bonchev–Trinajstić information content (AvgIpc) is 2.84. The highest BCUT2D eigenvalue weighted by atomic mass is 35.5. The van der Waals surface area contributed by atoms with Crippen LogP contribution >= 0.6 is 23.2 Å². The third kappa shape index (κ3) is 8.40. The van der Waals surface area contributed by atoms with Crippen LogP contribution in [0.2, 0.25) is 10.0 Å². The molecule has 1 N–H and O–H groups in total. The van der Waals surface area contributed by atoms with Gasteiger partial charge >= 0.3 is 0 Å². The van der Waals surface area contributed by atoms with Crippen LogP contribution in [0.15, 0.2) is 36.4 Å². The van der Waals surface area contributed by atoms with E-state index in [4.69, 9.17) is 32.7 Å². The third-order valence-corrected chi connectivity index (χ3v) is 7.92. The van der Waals surface area contributed by atoms with Gasteiger partial charge in [-0.1, -0.05) is 29.3 Å². The van der Waals surface area contributed by atoms with Crippen LogP contribution in [0.5, 0.6) is 11.5 Å². The number of hydrogen-bond donors (Lipinski definition) is 1. The summed E-state index contributed by atoms with van der Waals surface area (Å²) in [6, 6.07) is 9.13. The Morgan fingerprint density at radius 1 is 1.05 bits per heavy atom. The van der Waals surface area contributed by atoms with Gasteiger partial charge in [-0.25, -0.2) is 8.42 Å². The number of benzene rings is 2. The van der Waals surface area contributed by atoms with Gasteiger partial charge in [0.2, 0.25) is 21.8 Å². The number of carbonyl (C=O) groups is 2. The summed E-state index contributed by atoms with van der Waals surface area (Å²) in [7, 11) is -3.66. The van der Waals surface area contributed by atoms with Gasteiger partial charge in [-0.05, 0) is 58.4 Å². The fourth-order valence-corrected chi connectivity index (χ4v) is 5.58. The van der Waals surface area contributed by atoms with E-state index < -0.39 is 21.6 Å². The lowest BCUT2D eigenvalue weighted by Crippen LogP contribution is -2.52. The van der Waals surface area contributed by atoms with Crippen LogP contribution in [-0.2, 0) is 26.2 Å². The van der Waals surface area contributed by atoms with E-state index in [9.17, 15) is 18.0 Å². The maximum absolute atomic E-state index is 13.5. The SMILES string of the molecule is CC(C(=O)NC(C)(C)C)N(Cc1c(Cl)cccc1Cl)C(=O)CCCN(c1ccc2c(c1)OCCO2)S(C)(=O)=O. The molecular formula is C27H35Cl2N3O6S. The quantitative estimate of drug-likeness (QED) is 0.426. The van der Waals surface area contributed by atoms with Gasteiger partial charge in [-0.3, -0.25) is 13.9 Å². The summed E-state index contributed by atoms with van der Waals surface area (Å²) in [5.41, 5.74) is 0.437. The Hall–Kier alpha value is -2.69. The summed E-state index contributed by atoms with van der Waals surface area (Å²) in [6.45, 7) is 8.07. The normalized spacial score (nSPS) is 13.9. The zero-order chi connectivity index (χ0) is 29.0. The fourth-order valence-electron chi connectivity index (χ4n) is 4.10. The fraction of sp³-hybridized carbons (Fsp3) is 0.481. The molecule has 0 aromatic heterocycles. The molecule has 0 fully saturated rings. The molecule has 0 saturated carbocycles. The van der Waals surface area contributed by atoms with Gasteiger partial charge in [0.05, 0.1) is 11.9 Å². The van der Waals surface area contributed by atoms with Gasteiger partial charge in [0.1, 0.15) is 19.3 Å². The first kappa shape index (κ1) is 30.8. The van der Waals surface area contributed by atoms with Crippen molar-refractivity contribution in [3.05, 3.63) is 52.0 Å². The molecule has 2 aromatic rings. The second-order valence-electron chi connectivity index (χ2n) is 10.4. The molecule has 1 unspecified atom stereocenters. The summed E-state index contributed by atoms with van der Waals surface area (Å²) in [5.74, 6) is 0.348. The number of nitrogens with one attached hydrogen (secondary N) is 1. The van der Waals surface area contributed by atoms with E-state index in [0.29, 0.717) is 46.0 Å². The molecule has 1 aliphatic rings. The summed E-state index contributed by atoms with van der Waals surface area (Å²) in [4.78, 5) is 27.9. The molecule has 1 atom stereocenters. The molecule has 0 spiro atoms. The van der Waals surface area contributed by atoms with Crippen molar-refractivity contribution in [1.82, 2.24) is 10.2 Å². The Labute approximate surface area is 240 Å². The Kier molecular flexibility index (Phi) is 10.0. The Balaban J connectivity index is 1.79. The highest BCUT2D eigenvalue weighted by molar-refractivity contribution is 7.92. The molecule has 12 heteroatoms. The largest absolute Gasteiger partial charge is 0.486 e. The number of halogens is 2. The van der Waals surface area contributed by atoms with Crippen molar-refractivity contribution in [2.24, 2.45) is 0 Å². The van der Waals surface area contributed by atoms with Crippen molar-refractivity contribution < 1.29 is 27.5 Å². The highest BCUT2D eigenvalue weighted by Gasteiger charge is 2.30. The Morgan fingerprint density at radius 3 is 2.26 bits per heavy atom. The molecule has 0 radical (unpaired) electrons. The zero-order valence-electron chi connectivity index (χ0n) is 22.8. The van der Waals surface area contributed by atoms with Gasteiger partial charge in [-0.2, -0.15) is 0 Å². The highest BCUT2D eigenvalue weighted by Crippen LogP contribution is 2.35. The number of rotatable bonds is 10. The summed E-state index contributed by atoms with van der Waals surface area (Å²) >= 11 is 12.7. The van der Waals surface area contributed by atoms with Crippen molar-refractivity contribution in [3.63, 3.8) is 0 Å². The molecule has 0 aliphatic carbocycles. The van der Waals surface area contributed by atoms with Crippen LogP contribution in [0.4, 0.5) is 5.69 Å². The number of amides is 2. The lowest BCUT2D eigenvalue weighted by Gasteiger charge is -2.32. The second kappa shape index (κ2) is 12.7. The molecule has 1 heterocycles. The van der Waals surface area contributed by atoms with Gasteiger partial charge < -0.3 is 19.7 Å². The van der Waals surface area contributed by atoms with Crippen LogP contribution < -0.4 is 19.1 Å². The van der Waals surface area contributed by atoms with E-state index in [0.717, 1.165) is 6.26 Å². The number of carbonyl (C=O) groups excluding carboxylic acids is 2. The molecule has 39 heavy (non-hydrogen) atoms. The maximum atomic E-state index is 13.5. The van der Waals surface area contributed by atoms with E-state index in [2.05, 4.69) is 5.32 Å². The monoisotopic (exact) mass is 599 g/mol. The van der Waals surface area contributed by atoms with Crippen LogP contribution in [-0.4, -0.2) is 62.7 Å². The molecule has 2 amide bonds. The molecule has 2 aromatic carbocycles. The number of nitrogens with zero attached hydrogens (tertiary/aromatic N) is 2. The topological polar surface area (TPSA) is 105 Å². The van der Waals surface area contributed by atoms with Crippen molar-refractivity contribution >= 4 is 50.7 Å². The molecule has 3 rings (SSSR count). The predicted octanol–water partition coefficient (Wildman–Crippen LogP) is 4.64. The standard InChI is InChI=1S/C27H35Cl2N3O6S/c1-18(26(34)30-27(2,3)4)31(17-20-21(28)8-6-9-22(20)29)25(33)10-7-13-32(39(5,35)36)19-11-12-23-24(16-19)38-15-14-37-23/h6,8-9,11-12,16,18H,7,10,13-15,17H2,1-5H3,(H,30,34). The van der Waals surface area contributed by atoms with Crippen molar-refractivity contribution in [2.45, 2.75) is 58.7 Å². The Bertz CT molecular complexity index is 1290. The predicted molar refractivity (Wildman–Crippen MR) is 153 cm³/mol. The molecule has 9 nitrogen and oxygen atoms in total. The number of ether oxygens (including phenoxy) is 2. The maximum Gasteiger partial charge on any atom is 0.242 e. The summed E-state index contributed by atoms with van der Waals surface area (Å²) < 4.78 is 37.6. The number of fused-ring (bicyclic) bond motifs is 1. The van der Waals surface area contributed by atoms with E-state index in [-0.39, 0.29) is 37.7 Å². The molecule has 214 valence electrons. The molecule has 0 saturated heterocycles. The summed E-state index contributed by atoms with van der Waals surface area (Å²) in [5, 5.41) is 3.66. The van der Waals surface area contributed by atoms with Crippen molar-refractivity contribution in [1.29, 1.82) is 0 Å². The van der Waals surface area contributed by atoms with Gasteiger partial charge in [0, 0.05) is 46.7 Å². The number of hydrogen-bond acceptors (Lipinski definition) is 6. The van der Waals surface area contributed by atoms with Crippen molar-refractivity contribution in [2.75, 3.05) is 30.3 Å². The molecule has 0 bridgehead atoms. The second-order valence-corrected chi connectivity index (χ2v) is 13.1. The van der Waals surface area contributed by atoms with E-state index in [1.807, 2.05) is 20.8 Å². The first-order valence-electron chi connectivity index (χ1n) is 12.6. The first-order valence-corrected chi connectivity index (χ1v) is 15.2. The first-order chi connectivity index (χ1) is 18.2. The van der Waals surface area contributed by atoms with Crippen LogP contribution in [0.3, 0.4) is 0 Å². The summed E-state index contributed by atoms with van der Waals surface area (Å²) in [6.07, 6.45) is 1.31. The van der Waals surface area contributed by atoms with Crippen LogP contribution in [0, 0.1) is 0 Å². The van der Waals surface area contributed by atoms with Gasteiger partial charge in [-0.15, -0.1) is 0 Å². The smallest absolute Gasteiger partial charge is 0.242 e. The van der Waals surface area contributed by atoms with Gasteiger partial charge in [0.25, 0.3) is 0 Å². The van der Waals surface area contributed by atoms with Gasteiger partial charge in [0.15, 0.2) is 11.5 Å². The molecular weight excluding hydrogens is 565 g/mol. The van der Waals surface area contributed by atoms with E-state index in [1.54, 1.807) is 43.3 Å². The van der Waals surface area contributed by atoms with E-state index in [1.165, 1.54) is 9.21 Å². The van der Waals surface area contributed by atoms with Crippen LogP contribution in [0.25, 0.3) is 0 Å². The number of anilines is 1. The molecule has 1 aliphatic heterocycles. The number of sulfonamides is 1. The average molecular weight is 601 g/mol. The Morgan fingerprint density at radius 2 is 1.67 bits per heavy atom. The zero-order valence-corrected chi connectivity index (χ0v) is 25.1. The minimum absolute atomic E-state index is 0.00815. The lowest BCUT2D eigenvalue weighted by atomic mass is 10.1. The minimum Gasteiger partial charge on any atom is -0.486 e. The van der Waals surface area contributed by atoms with E-state index >= 15 is 0 Å². The minimum atomic E-state index is -3.66. The van der Waals surface area contributed by atoms with Crippen molar-refractivity contribution in [3.8, 4) is 11.5 Å².